The largest absolute Gasteiger partial charge is 0.364 e. The lowest BCUT2D eigenvalue weighted by molar-refractivity contribution is 0.623. The van der Waals surface area contributed by atoms with E-state index < -0.39 is 0 Å². The molecule has 150 valence electrons. The van der Waals surface area contributed by atoms with Crippen molar-refractivity contribution in [2.24, 2.45) is 0 Å². The van der Waals surface area contributed by atoms with E-state index in [0.717, 1.165) is 12.8 Å². The Morgan fingerprint density at radius 2 is 1.61 bits per heavy atom. The Hall–Kier alpha value is -3.58. The van der Waals surface area contributed by atoms with Crippen LogP contribution in [0.3, 0.4) is 0 Å². The van der Waals surface area contributed by atoms with Crippen molar-refractivity contribution < 1.29 is 0 Å². The van der Waals surface area contributed by atoms with Crippen LogP contribution in [0.1, 0.15) is 34.9 Å². The topological polar surface area (TPSA) is 12.0 Å². The molecule has 0 amide bonds. The SMILES string of the molecule is C1=CC=C(C2CC(c3ccccc3)C=c3c2ccc2c3=CCc3ccccc3-2)NC=C1. The third-order valence-electron chi connectivity index (χ3n) is 6.83. The molecular weight excluding hydrogens is 374 g/mol. The van der Waals surface area contributed by atoms with Crippen LogP contribution in [-0.2, 0) is 6.42 Å². The number of fused-ring (bicyclic) bond motifs is 5. The summed E-state index contributed by atoms with van der Waals surface area (Å²) >= 11 is 0. The van der Waals surface area contributed by atoms with Crippen LogP contribution in [0, 0.1) is 0 Å². The van der Waals surface area contributed by atoms with Crippen molar-refractivity contribution >= 4 is 12.2 Å². The van der Waals surface area contributed by atoms with Gasteiger partial charge in [0.15, 0.2) is 0 Å². The Bertz CT molecular complexity index is 1360. The highest BCUT2D eigenvalue weighted by molar-refractivity contribution is 5.74. The predicted molar refractivity (Wildman–Crippen MR) is 130 cm³/mol. The first-order chi connectivity index (χ1) is 15.4. The van der Waals surface area contributed by atoms with Gasteiger partial charge in [0.2, 0.25) is 0 Å². The van der Waals surface area contributed by atoms with Crippen LogP contribution in [-0.4, -0.2) is 0 Å². The van der Waals surface area contributed by atoms with Gasteiger partial charge in [0.1, 0.15) is 0 Å². The van der Waals surface area contributed by atoms with Gasteiger partial charge < -0.3 is 5.32 Å². The van der Waals surface area contributed by atoms with E-state index in [4.69, 9.17) is 0 Å². The Labute approximate surface area is 183 Å². The summed E-state index contributed by atoms with van der Waals surface area (Å²) in [4.78, 5) is 0. The average molecular weight is 400 g/mol. The van der Waals surface area contributed by atoms with Crippen LogP contribution in [0.5, 0.6) is 0 Å². The summed E-state index contributed by atoms with van der Waals surface area (Å²) in [5.41, 5.74) is 8.28. The monoisotopic (exact) mass is 399 g/mol. The fourth-order valence-corrected chi connectivity index (χ4v) is 5.34. The predicted octanol–water partition coefficient (Wildman–Crippen LogP) is 5.30. The van der Waals surface area contributed by atoms with E-state index in [0.29, 0.717) is 11.8 Å². The third kappa shape index (κ3) is 3.18. The summed E-state index contributed by atoms with van der Waals surface area (Å²) in [6, 6.07) is 24.5. The number of hydrogen-bond acceptors (Lipinski definition) is 1. The molecule has 2 aliphatic carbocycles. The summed E-state index contributed by atoms with van der Waals surface area (Å²) in [5.74, 6) is 0.739. The molecule has 2 atom stereocenters. The number of rotatable bonds is 2. The molecule has 6 rings (SSSR count). The lowest BCUT2D eigenvalue weighted by atomic mass is 9.75. The highest BCUT2D eigenvalue weighted by Gasteiger charge is 2.27. The minimum atomic E-state index is 0.341. The molecule has 0 saturated heterocycles. The Morgan fingerprint density at radius 3 is 2.55 bits per heavy atom. The smallest absolute Gasteiger partial charge is 0.0255 e. The van der Waals surface area contributed by atoms with E-state index in [-0.39, 0.29) is 0 Å². The normalized spacial score (nSPS) is 20.7. The lowest BCUT2D eigenvalue weighted by Gasteiger charge is -2.30. The second-order valence-corrected chi connectivity index (χ2v) is 8.58. The fraction of sp³-hybridized carbons (Fsp3) is 0.133. The Kier molecular flexibility index (Phi) is 4.46. The van der Waals surface area contributed by atoms with Gasteiger partial charge in [-0.3, -0.25) is 0 Å². The molecule has 1 N–H and O–H groups in total. The summed E-state index contributed by atoms with van der Waals surface area (Å²) in [5, 5.41) is 6.37. The second-order valence-electron chi connectivity index (χ2n) is 8.58. The molecule has 1 heterocycles. The van der Waals surface area contributed by atoms with Gasteiger partial charge in [-0.05, 0) is 63.2 Å². The highest BCUT2D eigenvalue weighted by Crippen LogP contribution is 2.37. The molecule has 1 heteroatoms. The van der Waals surface area contributed by atoms with Crippen molar-refractivity contribution in [3.05, 3.63) is 130 Å². The maximum absolute atomic E-state index is 3.55. The van der Waals surface area contributed by atoms with Crippen LogP contribution in [0.2, 0.25) is 0 Å². The van der Waals surface area contributed by atoms with Gasteiger partial charge in [-0.25, -0.2) is 0 Å². The molecular formula is C30H25N. The molecule has 0 bridgehead atoms. The molecule has 3 aromatic carbocycles. The van der Waals surface area contributed by atoms with Crippen molar-refractivity contribution in [3.63, 3.8) is 0 Å². The van der Waals surface area contributed by atoms with Gasteiger partial charge in [0.05, 0.1) is 0 Å². The summed E-state index contributed by atoms with van der Waals surface area (Å²) in [6.45, 7) is 0. The number of hydrogen-bond donors (Lipinski definition) is 1. The first-order valence-corrected chi connectivity index (χ1v) is 11.2. The molecule has 0 saturated carbocycles. The van der Waals surface area contributed by atoms with Gasteiger partial charge in [0.25, 0.3) is 0 Å². The van der Waals surface area contributed by atoms with Crippen LogP contribution in [0.25, 0.3) is 23.3 Å². The first-order valence-electron chi connectivity index (χ1n) is 11.2. The fourth-order valence-electron chi connectivity index (χ4n) is 5.34. The summed E-state index contributed by atoms with van der Waals surface area (Å²) < 4.78 is 0. The molecule has 0 aromatic heterocycles. The standard InChI is InChI=1S/C30H25N/c1-3-9-21(10-4-1)23-19-28-26-15-14-22-11-6-7-12-24(22)25(26)16-17-27(28)29(20-23)30-13-5-2-8-18-31-30/h1-13,15-19,23,29,31H,14,20H2. The van der Waals surface area contributed by atoms with Crippen LogP contribution in [0.15, 0.2) is 103 Å². The number of nitrogens with one attached hydrogen (secondary N) is 1. The molecule has 1 aliphatic heterocycles. The number of benzene rings is 3. The molecule has 0 spiro atoms. The summed E-state index contributed by atoms with van der Waals surface area (Å²) in [7, 11) is 0. The maximum atomic E-state index is 3.55. The molecule has 1 nitrogen and oxygen atoms in total. The lowest BCUT2D eigenvalue weighted by Crippen LogP contribution is -2.38. The average Bonchev–Trinajstić information content (AvgIpc) is 3.13. The Morgan fingerprint density at radius 1 is 0.742 bits per heavy atom. The van der Waals surface area contributed by atoms with Crippen molar-refractivity contribution in [1.82, 2.24) is 5.32 Å². The van der Waals surface area contributed by atoms with Gasteiger partial charge in [0, 0.05) is 23.7 Å². The minimum absolute atomic E-state index is 0.341. The van der Waals surface area contributed by atoms with Crippen LogP contribution >= 0.6 is 0 Å². The van der Waals surface area contributed by atoms with Gasteiger partial charge in [-0.15, -0.1) is 0 Å². The maximum Gasteiger partial charge on any atom is 0.0255 e. The van der Waals surface area contributed by atoms with Gasteiger partial charge >= 0.3 is 0 Å². The van der Waals surface area contributed by atoms with E-state index in [1.807, 2.05) is 6.20 Å². The van der Waals surface area contributed by atoms with Gasteiger partial charge in [-0.1, -0.05) is 91.0 Å². The minimum Gasteiger partial charge on any atom is -0.364 e. The van der Waals surface area contributed by atoms with Crippen molar-refractivity contribution in [2.45, 2.75) is 24.7 Å². The third-order valence-corrected chi connectivity index (χ3v) is 6.83. The van der Waals surface area contributed by atoms with E-state index in [2.05, 4.69) is 109 Å². The summed E-state index contributed by atoms with van der Waals surface area (Å²) in [6.07, 6.45) is 17.6. The van der Waals surface area contributed by atoms with Crippen molar-refractivity contribution in [2.75, 3.05) is 0 Å². The molecule has 0 fully saturated rings. The van der Waals surface area contributed by atoms with Crippen molar-refractivity contribution in [1.29, 1.82) is 0 Å². The van der Waals surface area contributed by atoms with E-state index in [9.17, 15) is 0 Å². The molecule has 31 heavy (non-hydrogen) atoms. The zero-order valence-electron chi connectivity index (χ0n) is 17.5. The molecule has 0 radical (unpaired) electrons. The Balaban J connectivity index is 1.59. The zero-order chi connectivity index (χ0) is 20.6. The second kappa shape index (κ2) is 7.59. The zero-order valence-corrected chi connectivity index (χ0v) is 17.5. The quantitative estimate of drug-likeness (QED) is 0.617. The number of allylic oxidation sites excluding steroid dienone is 5. The van der Waals surface area contributed by atoms with E-state index in [1.54, 1.807) is 0 Å². The van der Waals surface area contributed by atoms with Crippen LogP contribution < -0.4 is 15.8 Å². The molecule has 2 unspecified atom stereocenters. The van der Waals surface area contributed by atoms with Crippen LogP contribution in [0.4, 0.5) is 0 Å². The molecule has 3 aliphatic rings. The molecule has 3 aromatic rings. The van der Waals surface area contributed by atoms with Crippen molar-refractivity contribution in [3.8, 4) is 11.1 Å². The van der Waals surface area contributed by atoms with E-state index in [1.165, 1.54) is 44.0 Å². The van der Waals surface area contributed by atoms with Gasteiger partial charge in [-0.2, -0.15) is 0 Å². The van der Waals surface area contributed by atoms with E-state index >= 15 is 0 Å². The first kappa shape index (κ1) is 18.2. The highest BCUT2D eigenvalue weighted by atomic mass is 14.9.